The molecular weight excluding hydrogens is 329 g/mol. The highest BCUT2D eigenvalue weighted by Gasteiger charge is 2.23. The summed E-state index contributed by atoms with van der Waals surface area (Å²) in [5, 5.41) is 0. The Bertz CT molecular complexity index is 808. The van der Waals surface area contributed by atoms with Gasteiger partial charge in [-0.05, 0) is 50.6 Å². The van der Waals surface area contributed by atoms with E-state index in [9.17, 15) is 18.8 Å². The smallest absolute Gasteiger partial charge is 0.340 e. The van der Waals surface area contributed by atoms with Gasteiger partial charge in [-0.15, -0.1) is 0 Å². The summed E-state index contributed by atoms with van der Waals surface area (Å²) in [6, 6.07) is 4.79. The van der Waals surface area contributed by atoms with E-state index >= 15 is 0 Å². The van der Waals surface area contributed by atoms with Crippen LogP contribution in [0.3, 0.4) is 0 Å². The van der Waals surface area contributed by atoms with Crippen molar-refractivity contribution in [2.45, 2.75) is 20.8 Å². The minimum atomic E-state index is -0.736. The zero-order chi connectivity index (χ0) is 18.6. The number of benzene rings is 1. The molecule has 0 aliphatic carbocycles. The Kier molecular flexibility index (Phi) is 5.69. The van der Waals surface area contributed by atoms with Crippen LogP contribution in [0, 0.1) is 19.7 Å². The van der Waals surface area contributed by atoms with Gasteiger partial charge < -0.3 is 14.5 Å². The number of ether oxygens (including phenoxy) is 2. The molecule has 2 aromatic rings. The largest absolute Gasteiger partial charge is 0.462 e. The maximum Gasteiger partial charge on any atom is 0.340 e. The van der Waals surface area contributed by atoms with Gasteiger partial charge in [0.15, 0.2) is 6.61 Å². The predicted molar refractivity (Wildman–Crippen MR) is 87.2 cm³/mol. The molecule has 1 N–H and O–H groups in total. The maximum absolute atomic E-state index is 12.8. The van der Waals surface area contributed by atoms with Gasteiger partial charge in [-0.3, -0.25) is 4.79 Å². The lowest BCUT2D eigenvalue weighted by atomic mass is 10.1. The first-order chi connectivity index (χ1) is 11.8. The summed E-state index contributed by atoms with van der Waals surface area (Å²) in [6.07, 6.45) is 0. The average Bonchev–Trinajstić information content (AvgIpc) is 2.88. The number of hydrogen-bond acceptors (Lipinski definition) is 5. The van der Waals surface area contributed by atoms with Gasteiger partial charge in [0.05, 0.1) is 23.4 Å². The molecule has 0 saturated carbocycles. The standard InChI is InChI=1S/C18H18FNO5/c1-4-24-18(23)15-10(2)16(20-11(15)3)14(21)9-25-17(22)12-5-7-13(19)8-6-12/h5-8,20H,4,9H2,1-3H3. The molecular formula is C18H18FNO5. The number of ketones is 1. The Morgan fingerprint density at radius 3 is 2.28 bits per heavy atom. The summed E-state index contributed by atoms with van der Waals surface area (Å²) in [5.74, 6) is -2.21. The molecule has 132 valence electrons. The second kappa shape index (κ2) is 7.74. The van der Waals surface area contributed by atoms with Crippen LogP contribution in [0.2, 0.25) is 0 Å². The number of esters is 2. The molecule has 25 heavy (non-hydrogen) atoms. The first-order valence-electron chi connectivity index (χ1n) is 7.67. The van der Waals surface area contributed by atoms with Crippen molar-refractivity contribution in [3.05, 3.63) is 58.2 Å². The lowest BCUT2D eigenvalue weighted by molar-refractivity contribution is 0.0472. The summed E-state index contributed by atoms with van der Waals surface area (Å²) in [7, 11) is 0. The molecule has 7 heteroatoms. The first-order valence-corrected chi connectivity index (χ1v) is 7.67. The van der Waals surface area contributed by atoms with Crippen LogP contribution < -0.4 is 0 Å². The second-order valence-electron chi connectivity index (χ2n) is 5.35. The van der Waals surface area contributed by atoms with E-state index in [0.29, 0.717) is 16.8 Å². The highest BCUT2D eigenvalue weighted by atomic mass is 19.1. The molecule has 0 unspecified atom stereocenters. The van der Waals surface area contributed by atoms with Crippen LogP contribution in [0.15, 0.2) is 24.3 Å². The number of nitrogens with one attached hydrogen (secondary N) is 1. The van der Waals surface area contributed by atoms with E-state index in [1.165, 1.54) is 12.1 Å². The van der Waals surface area contributed by atoms with Crippen molar-refractivity contribution >= 4 is 17.7 Å². The summed E-state index contributed by atoms with van der Waals surface area (Å²) >= 11 is 0. The van der Waals surface area contributed by atoms with Gasteiger partial charge in [0, 0.05) is 5.69 Å². The normalized spacial score (nSPS) is 10.4. The number of carbonyl (C=O) groups excluding carboxylic acids is 3. The van der Waals surface area contributed by atoms with Crippen LogP contribution in [0.4, 0.5) is 4.39 Å². The van der Waals surface area contributed by atoms with Gasteiger partial charge >= 0.3 is 11.9 Å². The molecule has 1 heterocycles. The van der Waals surface area contributed by atoms with E-state index in [1.807, 2.05) is 0 Å². The number of halogens is 1. The van der Waals surface area contributed by atoms with Crippen molar-refractivity contribution in [1.29, 1.82) is 0 Å². The number of Topliss-reactive ketones (excluding diaryl/α,β-unsaturated/α-hetero) is 1. The third-order valence-electron chi connectivity index (χ3n) is 3.61. The molecule has 0 radical (unpaired) electrons. The fourth-order valence-corrected chi connectivity index (χ4v) is 2.41. The highest BCUT2D eigenvalue weighted by molar-refractivity contribution is 6.03. The van der Waals surface area contributed by atoms with Gasteiger partial charge in [0.25, 0.3) is 0 Å². The summed E-state index contributed by atoms with van der Waals surface area (Å²) in [4.78, 5) is 38.9. The average molecular weight is 347 g/mol. The second-order valence-corrected chi connectivity index (χ2v) is 5.35. The Morgan fingerprint density at radius 1 is 1.04 bits per heavy atom. The minimum Gasteiger partial charge on any atom is -0.462 e. The molecule has 6 nitrogen and oxygen atoms in total. The Labute approximate surface area is 143 Å². The number of rotatable bonds is 6. The molecule has 0 aliphatic heterocycles. The number of aryl methyl sites for hydroxylation is 1. The number of H-pyrrole nitrogens is 1. The number of aromatic nitrogens is 1. The molecule has 1 aromatic heterocycles. The molecule has 2 rings (SSSR count). The minimum absolute atomic E-state index is 0.140. The third kappa shape index (κ3) is 4.12. The maximum atomic E-state index is 12.8. The summed E-state index contributed by atoms with van der Waals surface area (Å²) < 4.78 is 22.8. The monoisotopic (exact) mass is 347 g/mol. The molecule has 0 fully saturated rings. The lowest BCUT2D eigenvalue weighted by Gasteiger charge is -2.05. The zero-order valence-electron chi connectivity index (χ0n) is 14.1. The van der Waals surface area contributed by atoms with E-state index in [2.05, 4.69) is 4.98 Å². The van der Waals surface area contributed by atoms with Gasteiger partial charge in [-0.2, -0.15) is 0 Å². The Balaban J connectivity index is 2.08. The Morgan fingerprint density at radius 2 is 1.68 bits per heavy atom. The lowest BCUT2D eigenvalue weighted by Crippen LogP contribution is -2.15. The van der Waals surface area contributed by atoms with Crippen molar-refractivity contribution in [3.8, 4) is 0 Å². The van der Waals surface area contributed by atoms with Crippen molar-refractivity contribution in [2.75, 3.05) is 13.2 Å². The fraction of sp³-hybridized carbons (Fsp3) is 0.278. The molecule has 0 bridgehead atoms. The summed E-state index contributed by atoms with van der Waals surface area (Å²) in [5.41, 5.74) is 1.58. The van der Waals surface area contributed by atoms with E-state index in [1.54, 1.807) is 20.8 Å². The topological polar surface area (TPSA) is 85.5 Å². The van der Waals surface area contributed by atoms with Gasteiger partial charge in [-0.1, -0.05) is 0 Å². The molecule has 0 spiro atoms. The van der Waals surface area contributed by atoms with Gasteiger partial charge in [0.1, 0.15) is 5.82 Å². The molecule has 0 atom stereocenters. The number of hydrogen-bond donors (Lipinski definition) is 1. The van der Waals surface area contributed by atoms with Crippen LogP contribution in [0.5, 0.6) is 0 Å². The van der Waals surface area contributed by atoms with Crippen molar-refractivity contribution in [1.82, 2.24) is 4.98 Å². The molecule has 0 aliphatic rings. The molecule has 0 saturated heterocycles. The first kappa shape index (κ1) is 18.4. The van der Waals surface area contributed by atoms with Gasteiger partial charge in [0.2, 0.25) is 5.78 Å². The zero-order valence-corrected chi connectivity index (χ0v) is 14.1. The third-order valence-corrected chi connectivity index (χ3v) is 3.61. The summed E-state index contributed by atoms with van der Waals surface area (Å²) in [6.45, 7) is 4.68. The number of carbonyl (C=O) groups is 3. The van der Waals surface area contributed by atoms with E-state index in [-0.39, 0.29) is 17.9 Å². The fourth-order valence-electron chi connectivity index (χ4n) is 2.41. The quantitative estimate of drug-likeness (QED) is 0.641. The van der Waals surface area contributed by atoms with E-state index in [0.717, 1.165) is 12.1 Å². The van der Waals surface area contributed by atoms with Crippen LogP contribution >= 0.6 is 0 Å². The van der Waals surface area contributed by atoms with Crippen molar-refractivity contribution < 1.29 is 28.2 Å². The molecule has 0 amide bonds. The predicted octanol–water partition coefficient (Wildman–Crippen LogP) is 2.99. The van der Waals surface area contributed by atoms with E-state index in [4.69, 9.17) is 9.47 Å². The van der Waals surface area contributed by atoms with Gasteiger partial charge in [-0.25, -0.2) is 14.0 Å². The van der Waals surface area contributed by atoms with Crippen LogP contribution in [-0.2, 0) is 9.47 Å². The highest BCUT2D eigenvalue weighted by Crippen LogP contribution is 2.19. The van der Waals surface area contributed by atoms with E-state index < -0.39 is 30.1 Å². The number of aromatic amines is 1. The van der Waals surface area contributed by atoms with Crippen LogP contribution in [0.25, 0.3) is 0 Å². The van der Waals surface area contributed by atoms with Crippen molar-refractivity contribution in [2.24, 2.45) is 0 Å². The van der Waals surface area contributed by atoms with Crippen LogP contribution in [0.1, 0.15) is 49.4 Å². The van der Waals surface area contributed by atoms with Crippen LogP contribution in [-0.4, -0.2) is 35.9 Å². The molecule has 1 aromatic carbocycles. The Hall–Kier alpha value is -2.96. The van der Waals surface area contributed by atoms with Crippen molar-refractivity contribution in [3.63, 3.8) is 0 Å². The SMILES string of the molecule is CCOC(=O)c1c(C)[nH]c(C(=O)COC(=O)c2ccc(F)cc2)c1C.